The zero-order valence-electron chi connectivity index (χ0n) is 13.8. The van der Waals surface area contributed by atoms with Crippen molar-refractivity contribution in [2.75, 3.05) is 12.3 Å². The fraction of sp³-hybridized carbons (Fsp3) is 0.611. The molecule has 0 radical (unpaired) electrons. The fourth-order valence-corrected chi connectivity index (χ4v) is 3.55. The van der Waals surface area contributed by atoms with Crippen molar-refractivity contribution in [2.24, 2.45) is 0 Å². The van der Waals surface area contributed by atoms with Crippen molar-refractivity contribution in [3.63, 3.8) is 0 Å². The van der Waals surface area contributed by atoms with E-state index < -0.39 is 0 Å². The predicted octanol–water partition coefficient (Wildman–Crippen LogP) is 4.60. The van der Waals surface area contributed by atoms with Gasteiger partial charge in [-0.05, 0) is 57.9 Å². The zero-order chi connectivity index (χ0) is 15.7. The highest BCUT2D eigenvalue weighted by Crippen LogP contribution is 2.19. The summed E-state index contributed by atoms with van der Waals surface area (Å²) in [5, 5.41) is 12.5. The van der Waals surface area contributed by atoms with Gasteiger partial charge in [-0.15, -0.1) is 0 Å². The first-order valence-corrected chi connectivity index (χ1v) is 8.96. The number of nitrogens with zero attached hydrogens (tertiary/aromatic N) is 1. The van der Waals surface area contributed by atoms with Crippen LogP contribution < -0.4 is 5.32 Å². The van der Waals surface area contributed by atoms with Gasteiger partial charge in [0.2, 0.25) is 0 Å². The Hall–Kier alpha value is -0.980. The number of benzene rings is 1. The van der Waals surface area contributed by atoms with Crippen LogP contribution in [0.15, 0.2) is 18.2 Å². The van der Waals surface area contributed by atoms with E-state index in [-0.39, 0.29) is 5.54 Å². The largest absolute Gasteiger partial charge is 0.300 e. The number of nitrogens with one attached hydrogen (secondary N) is 1. The van der Waals surface area contributed by atoms with Crippen LogP contribution in [0.25, 0.3) is 0 Å². The number of unbranched alkanes of at least 4 members (excludes halogenated alkanes) is 1. The summed E-state index contributed by atoms with van der Waals surface area (Å²) in [5.41, 5.74) is 3.77. The highest BCUT2D eigenvalue weighted by atomic mass is 32.2. The number of nitriles is 1. The Labute approximate surface area is 134 Å². The van der Waals surface area contributed by atoms with E-state index in [1.165, 1.54) is 28.9 Å². The van der Waals surface area contributed by atoms with Crippen LogP contribution in [0.1, 0.15) is 49.8 Å². The molecule has 0 aliphatic rings. The second kappa shape index (κ2) is 9.12. The smallest absolute Gasteiger partial charge is 0.103 e. The SMILES string of the molecule is CCNC(C)(C#N)CCCCSCc1cc(C)cc(C)c1. The summed E-state index contributed by atoms with van der Waals surface area (Å²) in [4.78, 5) is 0. The molecule has 1 unspecified atom stereocenters. The predicted molar refractivity (Wildman–Crippen MR) is 93.6 cm³/mol. The van der Waals surface area contributed by atoms with Gasteiger partial charge >= 0.3 is 0 Å². The minimum atomic E-state index is -0.354. The molecular formula is C18H28N2S. The van der Waals surface area contributed by atoms with Crippen LogP contribution >= 0.6 is 11.8 Å². The maximum Gasteiger partial charge on any atom is 0.103 e. The Morgan fingerprint density at radius 1 is 1.19 bits per heavy atom. The minimum Gasteiger partial charge on any atom is -0.300 e. The molecule has 0 aliphatic carbocycles. The number of aryl methyl sites for hydroxylation is 2. The second-order valence-electron chi connectivity index (χ2n) is 5.98. The van der Waals surface area contributed by atoms with Crippen LogP contribution in [0.5, 0.6) is 0 Å². The normalized spacial score (nSPS) is 13.7. The van der Waals surface area contributed by atoms with Crippen LogP contribution in [0.3, 0.4) is 0 Å². The zero-order valence-corrected chi connectivity index (χ0v) is 14.6. The standard InChI is InChI=1S/C18H28N2S/c1-5-20-18(4,14-19)8-6-7-9-21-13-17-11-15(2)10-16(3)12-17/h10-12,20H,5-9,13H2,1-4H3. The number of rotatable bonds is 9. The lowest BCUT2D eigenvalue weighted by molar-refractivity contribution is 0.415. The van der Waals surface area contributed by atoms with E-state index >= 15 is 0 Å². The minimum absolute atomic E-state index is 0.354. The highest BCUT2D eigenvalue weighted by molar-refractivity contribution is 7.98. The average Bonchev–Trinajstić information content (AvgIpc) is 2.42. The Morgan fingerprint density at radius 2 is 1.86 bits per heavy atom. The summed E-state index contributed by atoms with van der Waals surface area (Å²) in [6.45, 7) is 9.22. The molecule has 2 nitrogen and oxygen atoms in total. The first-order valence-electron chi connectivity index (χ1n) is 7.80. The van der Waals surface area contributed by atoms with Gasteiger partial charge in [-0.1, -0.05) is 36.2 Å². The lowest BCUT2D eigenvalue weighted by Crippen LogP contribution is -2.40. The van der Waals surface area contributed by atoms with Gasteiger partial charge in [0.05, 0.1) is 6.07 Å². The molecule has 1 aromatic rings. The van der Waals surface area contributed by atoms with Crippen LogP contribution in [-0.2, 0) is 5.75 Å². The Bertz CT molecular complexity index is 458. The lowest BCUT2D eigenvalue weighted by atomic mass is 9.97. The molecule has 0 fully saturated rings. The molecule has 0 aliphatic heterocycles. The number of thioether (sulfide) groups is 1. The van der Waals surface area contributed by atoms with Crippen molar-refractivity contribution in [1.29, 1.82) is 5.26 Å². The molecule has 0 bridgehead atoms. The molecule has 0 aromatic heterocycles. The molecule has 0 spiro atoms. The van der Waals surface area contributed by atoms with E-state index in [0.29, 0.717) is 0 Å². The van der Waals surface area contributed by atoms with Gasteiger partial charge in [0.25, 0.3) is 0 Å². The fourth-order valence-electron chi connectivity index (χ4n) is 2.60. The van der Waals surface area contributed by atoms with E-state index in [1.54, 1.807) is 0 Å². The van der Waals surface area contributed by atoms with Crippen molar-refractivity contribution in [3.8, 4) is 6.07 Å². The molecule has 0 saturated heterocycles. The summed E-state index contributed by atoms with van der Waals surface area (Å²) >= 11 is 1.99. The Morgan fingerprint density at radius 3 is 2.43 bits per heavy atom. The summed E-state index contributed by atoms with van der Waals surface area (Å²) in [6, 6.07) is 9.16. The molecule has 0 amide bonds. The van der Waals surface area contributed by atoms with Crippen LogP contribution in [0.4, 0.5) is 0 Å². The lowest BCUT2D eigenvalue weighted by Gasteiger charge is -2.22. The van der Waals surface area contributed by atoms with Crippen molar-refractivity contribution in [3.05, 3.63) is 34.9 Å². The van der Waals surface area contributed by atoms with Gasteiger partial charge in [0.15, 0.2) is 0 Å². The summed E-state index contributed by atoms with van der Waals surface area (Å²) in [6.07, 6.45) is 3.22. The van der Waals surface area contributed by atoms with E-state index in [9.17, 15) is 5.26 Å². The molecule has 3 heteroatoms. The third-order valence-electron chi connectivity index (χ3n) is 3.58. The Balaban J connectivity index is 2.22. The molecule has 1 aromatic carbocycles. The van der Waals surface area contributed by atoms with Gasteiger partial charge in [-0.2, -0.15) is 17.0 Å². The molecule has 1 N–H and O–H groups in total. The van der Waals surface area contributed by atoms with Gasteiger partial charge in [-0.3, -0.25) is 5.32 Å². The van der Waals surface area contributed by atoms with E-state index in [4.69, 9.17) is 0 Å². The summed E-state index contributed by atoms with van der Waals surface area (Å²) in [7, 11) is 0. The molecule has 116 valence electrons. The van der Waals surface area contributed by atoms with Crippen LogP contribution in [-0.4, -0.2) is 17.8 Å². The third kappa shape index (κ3) is 7.02. The second-order valence-corrected chi connectivity index (χ2v) is 7.09. The van der Waals surface area contributed by atoms with Crippen molar-refractivity contribution >= 4 is 11.8 Å². The van der Waals surface area contributed by atoms with Crippen LogP contribution in [0, 0.1) is 25.2 Å². The van der Waals surface area contributed by atoms with Gasteiger partial charge in [0, 0.05) is 5.75 Å². The number of hydrogen-bond acceptors (Lipinski definition) is 3. The van der Waals surface area contributed by atoms with Crippen molar-refractivity contribution < 1.29 is 0 Å². The van der Waals surface area contributed by atoms with E-state index in [2.05, 4.69) is 50.4 Å². The molecule has 0 saturated carbocycles. The first-order chi connectivity index (χ1) is 9.99. The topological polar surface area (TPSA) is 35.8 Å². The maximum absolute atomic E-state index is 9.20. The van der Waals surface area contributed by atoms with Crippen LogP contribution in [0.2, 0.25) is 0 Å². The summed E-state index contributed by atoms with van der Waals surface area (Å²) < 4.78 is 0. The highest BCUT2D eigenvalue weighted by Gasteiger charge is 2.20. The van der Waals surface area contributed by atoms with Gasteiger partial charge in [-0.25, -0.2) is 0 Å². The quantitative estimate of drug-likeness (QED) is 0.677. The van der Waals surface area contributed by atoms with E-state index in [0.717, 1.165) is 25.1 Å². The van der Waals surface area contributed by atoms with Crippen molar-refractivity contribution in [1.82, 2.24) is 5.32 Å². The Kier molecular flexibility index (Phi) is 7.85. The first kappa shape index (κ1) is 18.1. The summed E-state index contributed by atoms with van der Waals surface area (Å²) in [5.74, 6) is 2.26. The number of hydrogen-bond donors (Lipinski definition) is 1. The molecular weight excluding hydrogens is 276 g/mol. The molecule has 21 heavy (non-hydrogen) atoms. The van der Waals surface area contributed by atoms with E-state index in [1.807, 2.05) is 18.7 Å². The monoisotopic (exact) mass is 304 g/mol. The van der Waals surface area contributed by atoms with Crippen molar-refractivity contribution in [2.45, 2.75) is 58.2 Å². The average molecular weight is 305 g/mol. The molecule has 0 heterocycles. The molecule has 1 atom stereocenters. The van der Waals surface area contributed by atoms with Gasteiger partial charge < -0.3 is 0 Å². The van der Waals surface area contributed by atoms with Gasteiger partial charge in [0.1, 0.15) is 5.54 Å². The molecule has 1 rings (SSSR count). The maximum atomic E-state index is 9.20. The third-order valence-corrected chi connectivity index (χ3v) is 4.69.